The molecule has 8 nitrogen and oxygen atoms in total. The maximum absolute atomic E-state index is 10.3. The second-order valence-corrected chi connectivity index (χ2v) is 5.51. The smallest absolute Gasteiger partial charge is 0.167 e. The maximum Gasteiger partial charge on any atom is 0.167 e. The van der Waals surface area contributed by atoms with Gasteiger partial charge in [-0.15, -0.1) is 0 Å². The van der Waals surface area contributed by atoms with Crippen molar-refractivity contribution < 1.29 is 14.9 Å². The van der Waals surface area contributed by atoms with Gasteiger partial charge in [0, 0.05) is 20.0 Å². The molecule has 1 aliphatic heterocycles. The number of imidazole rings is 1. The van der Waals surface area contributed by atoms with Crippen LogP contribution in [0.3, 0.4) is 0 Å². The van der Waals surface area contributed by atoms with Gasteiger partial charge in [-0.2, -0.15) is 0 Å². The van der Waals surface area contributed by atoms with E-state index in [9.17, 15) is 10.2 Å². The Morgan fingerprint density at radius 3 is 2.71 bits per heavy atom. The van der Waals surface area contributed by atoms with E-state index in [-0.39, 0.29) is 12.5 Å². The topological polar surface area (TPSA) is 96.5 Å². The number of rotatable bonds is 3. The third-order valence-electron chi connectivity index (χ3n) is 3.95. The van der Waals surface area contributed by atoms with Crippen LogP contribution in [0.5, 0.6) is 0 Å². The van der Waals surface area contributed by atoms with Crippen molar-refractivity contribution in [3.63, 3.8) is 0 Å². The van der Waals surface area contributed by atoms with Crippen LogP contribution in [-0.4, -0.2) is 62.6 Å². The molecule has 0 aromatic carbocycles. The Kier molecular flexibility index (Phi) is 3.52. The molecule has 0 saturated carbocycles. The summed E-state index contributed by atoms with van der Waals surface area (Å²) in [5.74, 6) is 0.547. The van der Waals surface area contributed by atoms with E-state index in [0.29, 0.717) is 17.0 Å². The zero-order valence-corrected chi connectivity index (χ0v) is 12.2. The Morgan fingerprint density at radius 1 is 1.33 bits per heavy atom. The lowest BCUT2D eigenvalue weighted by atomic mass is 10.0. The zero-order chi connectivity index (χ0) is 15.1. The minimum absolute atomic E-state index is 0.126. The fourth-order valence-corrected chi connectivity index (χ4v) is 2.66. The molecule has 2 N–H and O–H groups in total. The van der Waals surface area contributed by atoms with Gasteiger partial charge in [0.05, 0.1) is 19.0 Å². The molecule has 8 heteroatoms. The Bertz CT molecular complexity index is 644. The highest BCUT2D eigenvalue weighted by molar-refractivity contribution is 5.83. The number of ether oxygens (including phenoxy) is 1. The molecule has 1 fully saturated rings. The lowest BCUT2D eigenvalue weighted by Gasteiger charge is -2.17. The standard InChI is InChI=1S/C13H19N5O3/c1-7-8(4-19)21-13(10(7)20)18-6-16-9-11(17(2)3)14-5-15-12(9)18/h5-8,10,13,19-20H,4H2,1-3H3/t7?,8-,10+,13-/m1/s1. The molecular formula is C13H19N5O3. The Labute approximate surface area is 122 Å². The summed E-state index contributed by atoms with van der Waals surface area (Å²) >= 11 is 0. The van der Waals surface area contributed by atoms with E-state index in [0.717, 1.165) is 0 Å². The number of hydrogen-bond acceptors (Lipinski definition) is 7. The molecule has 114 valence electrons. The predicted octanol–water partition coefficient (Wildman–Crippen LogP) is -0.221. The maximum atomic E-state index is 10.3. The van der Waals surface area contributed by atoms with E-state index in [2.05, 4.69) is 15.0 Å². The molecule has 0 radical (unpaired) electrons. The number of anilines is 1. The van der Waals surface area contributed by atoms with Crippen LogP contribution in [0.25, 0.3) is 11.2 Å². The first kappa shape index (κ1) is 14.2. The summed E-state index contributed by atoms with van der Waals surface area (Å²) in [6.07, 6.45) is 1.33. The Morgan fingerprint density at radius 2 is 2.10 bits per heavy atom. The van der Waals surface area contributed by atoms with Crippen LogP contribution in [0.2, 0.25) is 0 Å². The van der Waals surface area contributed by atoms with Gasteiger partial charge in [-0.05, 0) is 0 Å². The summed E-state index contributed by atoms with van der Waals surface area (Å²) < 4.78 is 7.43. The fourth-order valence-electron chi connectivity index (χ4n) is 2.66. The first-order valence-electron chi connectivity index (χ1n) is 6.83. The molecule has 2 aromatic rings. The predicted molar refractivity (Wildman–Crippen MR) is 75.8 cm³/mol. The summed E-state index contributed by atoms with van der Waals surface area (Å²) in [6.45, 7) is 1.73. The van der Waals surface area contributed by atoms with Crippen molar-refractivity contribution >= 4 is 17.0 Å². The van der Waals surface area contributed by atoms with E-state index in [1.165, 1.54) is 6.33 Å². The molecule has 3 rings (SSSR count). The molecule has 4 atom stereocenters. The molecular weight excluding hydrogens is 274 g/mol. The van der Waals surface area contributed by atoms with E-state index in [1.54, 1.807) is 10.9 Å². The first-order valence-corrected chi connectivity index (χ1v) is 6.83. The Balaban J connectivity index is 2.04. The summed E-state index contributed by atoms with van der Waals surface area (Å²) in [5.41, 5.74) is 1.25. The highest BCUT2D eigenvalue weighted by Gasteiger charge is 2.42. The van der Waals surface area contributed by atoms with Gasteiger partial charge in [0.1, 0.15) is 12.4 Å². The number of fused-ring (bicyclic) bond motifs is 1. The van der Waals surface area contributed by atoms with Gasteiger partial charge < -0.3 is 19.8 Å². The van der Waals surface area contributed by atoms with Gasteiger partial charge in [0.2, 0.25) is 0 Å². The first-order chi connectivity index (χ1) is 10.0. The van der Waals surface area contributed by atoms with Gasteiger partial charge >= 0.3 is 0 Å². The van der Waals surface area contributed by atoms with E-state index >= 15 is 0 Å². The van der Waals surface area contributed by atoms with Crippen molar-refractivity contribution in [3.8, 4) is 0 Å². The van der Waals surface area contributed by atoms with Gasteiger partial charge in [-0.1, -0.05) is 6.92 Å². The van der Waals surface area contributed by atoms with Crippen LogP contribution in [0.4, 0.5) is 5.82 Å². The highest BCUT2D eigenvalue weighted by Crippen LogP contribution is 2.35. The quantitative estimate of drug-likeness (QED) is 0.807. The van der Waals surface area contributed by atoms with Crippen molar-refractivity contribution in [2.24, 2.45) is 5.92 Å². The minimum Gasteiger partial charge on any atom is -0.394 e. The van der Waals surface area contributed by atoms with Crippen LogP contribution in [0, 0.1) is 5.92 Å². The normalized spacial score (nSPS) is 29.2. The highest BCUT2D eigenvalue weighted by atomic mass is 16.5. The Hall–Kier alpha value is -1.77. The lowest BCUT2D eigenvalue weighted by Crippen LogP contribution is -2.25. The molecule has 1 aliphatic rings. The fraction of sp³-hybridized carbons (Fsp3) is 0.615. The SMILES string of the molecule is CC1[C@@H](CO)O[C@@H](n2cnc3c(N(C)C)ncnc32)[C@H]1O. The molecule has 0 amide bonds. The number of aliphatic hydroxyl groups is 2. The molecule has 21 heavy (non-hydrogen) atoms. The van der Waals surface area contributed by atoms with Crippen LogP contribution < -0.4 is 4.90 Å². The number of aromatic nitrogens is 4. The largest absolute Gasteiger partial charge is 0.394 e. The van der Waals surface area contributed by atoms with Crippen molar-refractivity contribution in [2.75, 3.05) is 25.6 Å². The number of hydrogen-bond donors (Lipinski definition) is 2. The average molecular weight is 293 g/mol. The average Bonchev–Trinajstić information content (AvgIpc) is 3.01. The van der Waals surface area contributed by atoms with Gasteiger partial charge in [0.15, 0.2) is 23.2 Å². The van der Waals surface area contributed by atoms with E-state index < -0.39 is 18.4 Å². The van der Waals surface area contributed by atoms with Crippen molar-refractivity contribution in [3.05, 3.63) is 12.7 Å². The molecule has 0 bridgehead atoms. The van der Waals surface area contributed by atoms with Crippen molar-refractivity contribution in [1.29, 1.82) is 0 Å². The van der Waals surface area contributed by atoms with E-state index in [1.807, 2.05) is 25.9 Å². The van der Waals surface area contributed by atoms with Gasteiger partial charge in [-0.3, -0.25) is 4.57 Å². The molecule has 0 aliphatic carbocycles. The van der Waals surface area contributed by atoms with Crippen molar-refractivity contribution in [1.82, 2.24) is 19.5 Å². The summed E-state index contributed by atoms with van der Waals surface area (Å²) in [6, 6.07) is 0. The van der Waals surface area contributed by atoms with Crippen LogP contribution in [-0.2, 0) is 4.74 Å². The van der Waals surface area contributed by atoms with Crippen LogP contribution >= 0.6 is 0 Å². The molecule has 1 unspecified atom stereocenters. The molecule has 1 saturated heterocycles. The molecule has 3 heterocycles. The summed E-state index contributed by atoms with van der Waals surface area (Å²) in [5, 5.41) is 19.6. The second-order valence-electron chi connectivity index (χ2n) is 5.51. The zero-order valence-electron chi connectivity index (χ0n) is 12.2. The number of nitrogens with zero attached hydrogens (tertiary/aromatic N) is 5. The van der Waals surface area contributed by atoms with E-state index in [4.69, 9.17) is 4.74 Å². The summed E-state index contributed by atoms with van der Waals surface area (Å²) in [4.78, 5) is 14.6. The van der Waals surface area contributed by atoms with Crippen LogP contribution in [0.1, 0.15) is 13.2 Å². The third-order valence-corrected chi connectivity index (χ3v) is 3.95. The monoisotopic (exact) mass is 293 g/mol. The second kappa shape index (κ2) is 5.21. The third kappa shape index (κ3) is 2.15. The molecule has 2 aromatic heterocycles. The molecule has 0 spiro atoms. The minimum atomic E-state index is -0.725. The van der Waals surface area contributed by atoms with Gasteiger partial charge in [0.25, 0.3) is 0 Å². The van der Waals surface area contributed by atoms with Gasteiger partial charge in [-0.25, -0.2) is 15.0 Å². The summed E-state index contributed by atoms with van der Waals surface area (Å²) in [7, 11) is 3.76. The number of aliphatic hydroxyl groups excluding tert-OH is 2. The lowest BCUT2D eigenvalue weighted by molar-refractivity contribution is -0.0491. The van der Waals surface area contributed by atoms with Crippen molar-refractivity contribution in [2.45, 2.75) is 25.4 Å². The van der Waals surface area contributed by atoms with Crippen LogP contribution in [0.15, 0.2) is 12.7 Å².